The lowest BCUT2D eigenvalue weighted by Crippen LogP contribution is -2.10. The van der Waals surface area contributed by atoms with E-state index in [0.29, 0.717) is 0 Å². The zero-order chi connectivity index (χ0) is 10.9. The van der Waals surface area contributed by atoms with Gasteiger partial charge in [-0.1, -0.05) is 0 Å². The number of anilines is 1. The monoisotopic (exact) mass is 267 g/mol. The van der Waals surface area contributed by atoms with Crippen LogP contribution in [0.25, 0.3) is 0 Å². The van der Waals surface area contributed by atoms with E-state index in [9.17, 15) is 18.0 Å². The highest BCUT2D eigenvalue weighted by molar-refractivity contribution is 9.10. The lowest BCUT2D eigenvalue weighted by atomic mass is 10.1. The van der Waals surface area contributed by atoms with Crippen molar-refractivity contribution in [3.63, 3.8) is 0 Å². The fourth-order valence-corrected chi connectivity index (χ4v) is 1.42. The summed E-state index contributed by atoms with van der Waals surface area (Å²) in [4.78, 5) is 10.4. The molecule has 0 aromatic heterocycles. The van der Waals surface area contributed by atoms with Crippen molar-refractivity contribution in [3.8, 4) is 0 Å². The molecule has 6 heteroatoms. The third kappa shape index (κ3) is 1.89. The Bertz CT molecular complexity index is 376. The lowest BCUT2D eigenvalue weighted by Gasteiger charge is -2.11. The zero-order valence-corrected chi connectivity index (χ0v) is 8.32. The molecule has 0 spiro atoms. The minimum absolute atomic E-state index is 0.181. The van der Waals surface area contributed by atoms with Crippen LogP contribution >= 0.6 is 15.9 Å². The van der Waals surface area contributed by atoms with Crippen molar-refractivity contribution in [2.45, 2.75) is 6.18 Å². The normalized spacial score (nSPS) is 11.4. The first-order valence-corrected chi connectivity index (χ1v) is 4.27. The molecule has 0 fully saturated rings. The van der Waals surface area contributed by atoms with E-state index in [0.717, 1.165) is 12.1 Å². The highest BCUT2D eigenvalue weighted by Gasteiger charge is 2.34. The number of benzene rings is 1. The third-order valence-corrected chi connectivity index (χ3v) is 2.35. The molecule has 2 nitrogen and oxygen atoms in total. The summed E-state index contributed by atoms with van der Waals surface area (Å²) in [5, 5.41) is 0. The van der Waals surface area contributed by atoms with Crippen LogP contribution in [0.1, 0.15) is 15.9 Å². The molecule has 0 saturated carbocycles. The predicted molar refractivity (Wildman–Crippen MR) is 48.9 cm³/mol. The minimum atomic E-state index is -4.54. The van der Waals surface area contributed by atoms with Crippen molar-refractivity contribution in [2.24, 2.45) is 0 Å². The molecule has 76 valence electrons. The van der Waals surface area contributed by atoms with Gasteiger partial charge in [-0.3, -0.25) is 4.79 Å². The molecule has 1 aromatic rings. The van der Waals surface area contributed by atoms with Gasteiger partial charge in [0.05, 0.1) is 16.8 Å². The van der Waals surface area contributed by atoms with Crippen LogP contribution in [0.5, 0.6) is 0 Å². The van der Waals surface area contributed by atoms with Gasteiger partial charge in [-0.05, 0) is 28.1 Å². The predicted octanol–water partition coefficient (Wildman–Crippen LogP) is 2.86. The van der Waals surface area contributed by atoms with Crippen molar-refractivity contribution in [2.75, 3.05) is 5.73 Å². The summed E-state index contributed by atoms with van der Waals surface area (Å²) in [6.45, 7) is 0. The van der Waals surface area contributed by atoms with E-state index in [-0.39, 0.29) is 16.3 Å². The van der Waals surface area contributed by atoms with Crippen molar-refractivity contribution in [3.05, 3.63) is 27.7 Å². The molecule has 0 amide bonds. The molecular formula is C8H5BrF3NO. The van der Waals surface area contributed by atoms with Crippen LogP contribution in [-0.2, 0) is 6.18 Å². The number of halogens is 4. The highest BCUT2D eigenvalue weighted by atomic mass is 79.9. The Morgan fingerprint density at radius 2 is 1.93 bits per heavy atom. The van der Waals surface area contributed by atoms with E-state index in [4.69, 9.17) is 5.73 Å². The van der Waals surface area contributed by atoms with Gasteiger partial charge in [0, 0.05) is 4.47 Å². The summed E-state index contributed by atoms with van der Waals surface area (Å²) < 4.78 is 37.1. The Morgan fingerprint density at radius 3 is 2.36 bits per heavy atom. The quantitative estimate of drug-likeness (QED) is 0.628. The van der Waals surface area contributed by atoms with Gasteiger partial charge in [-0.2, -0.15) is 13.2 Å². The number of aldehydes is 1. The molecule has 0 aliphatic rings. The standard InChI is InChI=1S/C8H5BrF3NO/c9-6-2-1-5(8(10,11)12)7(13)4(6)3-14/h1-3H,13H2. The number of nitrogen functional groups attached to an aromatic ring is 1. The van der Waals surface area contributed by atoms with Crippen LogP contribution in [0.3, 0.4) is 0 Å². The molecule has 0 saturated heterocycles. The van der Waals surface area contributed by atoms with E-state index >= 15 is 0 Å². The van der Waals surface area contributed by atoms with Gasteiger partial charge in [0.1, 0.15) is 0 Å². The van der Waals surface area contributed by atoms with E-state index in [1.165, 1.54) is 0 Å². The maximum atomic E-state index is 12.3. The van der Waals surface area contributed by atoms with Gasteiger partial charge in [-0.15, -0.1) is 0 Å². The Hall–Kier alpha value is -1.04. The number of hydrogen-bond donors (Lipinski definition) is 1. The molecule has 0 bridgehead atoms. The Balaban J connectivity index is 3.43. The largest absolute Gasteiger partial charge is 0.418 e. The molecule has 2 N–H and O–H groups in total. The molecule has 0 heterocycles. The summed E-state index contributed by atoms with van der Waals surface area (Å²) >= 11 is 2.93. The average molecular weight is 268 g/mol. The smallest absolute Gasteiger partial charge is 0.398 e. The molecule has 1 rings (SSSR count). The maximum Gasteiger partial charge on any atom is 0.418 e. The number of carbonyl (C=O) groups excluding carboxylic acids is 1. The molecule has 0 atom stereocenters. The number of nitrogens with two attached hydrogens (primary N) is 1. The van der Waals surface area contributed by atoms with E-state index < -0.39 is 17.4 Å². The summed E-state index contributed by atoms with van der Waals surface area (Å²) in [5.41, 5.74) is 3.47. The number of carbonyl (C=O) groups is 1. The number of rotatable bonds is 1. The van der Waals surface area contributed by atoms with Crippen molar-refractivity contribution in [1.82, 2.24) is 0 Å². The second-order valence-corrected chi connectivity index (χ2v) is 3.39. The van der Waals surface area contributed by atoms with E-state index in [1.54, 1.807) is 0 Å². The first-order chi connectivity index (χ1) is 6.38. The van der Waals surface area contributed by atoms with E-state index in [1.807, 2.05) is 0 Å². The molecule has 14 heavy (non-hydrogen) atoms. The fourth-order valence-electron chi connectivity index (χ4n) is 0.977. The first kappa shape index (κ1) is 11.0. The number of hydrogen-bond acceptors (Lipinski definition) is 2. The second kappa shape index (κ2) is 3.61. The van der Waals surface area contributed by atoms with Gasteiger partial charge < -0.3 is 5.73 Å². The average Bonchev–Trinajstić information content (AvgIpc) is 2.02. The maximum absolute atomic E-state index is 12.3. The second-order valence-electron chi connectivity index (χ2n) is 2.54. The summed E-state index contributed by atoms with van der Waals surface area (Å²) in [6.07, 6.45) is -4.25. The molecular weight excluding hydrogens is 263 g/mol. The van der Waals surface area contributed by atoms with Crippen molar-refractivity contribution >= 4 is 27.9 Å². The molecule has 0 unspecified atom stereocenters. The summed E-state index contributed by atoms with van der Waals surface area (Å²) in [6, 6.07) is 1.97. The molecule has 1 aromatic carbocycles. The molecule has 0 aliphatic heterocycles. The Labute approximate surface area is 86.0 Å². The molecule has 0 aliphatic carbocycles. The number of alkyl halides is 3. The van der Waals surface area contributed by atoms with Gasteiger partial charge in [0.25, 0.3) is 0 Å². The Kier molecular flexibility index (Phi) is 2.84. The van der Waals surface area contributed by atoms with Crippen molar-refractivity contribution in [1.29, 1.82) is 0 Å². The SMILES string of the molecule is Nc1c(C(F)(F)F)ccc(Br)c1C=O. The van der Waals surface area contributed by atoms with Crippen LogP contribution < -0.4 is 5.73 Å². The van der Waals surface area contributed by atoms with Crippen LogP contribution in [-0.4, -0.2) is 6.29 Å². The van der Waals surface area contributed by atoms with Crippen LogP contribution in [0.4, 0.5) is 18.9 Å². The Morgan fingerprint density at radius 1 is 1.36 bits per heavy atom. The van der Waals surface area contributed by atoms with Crippen molar-refractivity contribution < 1.29 is 18.0 Å². The van der Waals surface area contributed by atoms with Gasteiger partial charge in [0.2, 0.25) is 0 Å². The summed E-state index contributed by atoms with van der Waals surface area (Å²) in [5.74, 6) is 0. The lowest BCUT2D eigenvalue weighted by molar-refractivity contribution is -0.136. The highest BCUT2D eigenvalue weighted by Crippen LogP contribution is 2.36. The fraction of sp³-hybridized carbons (Fsp3) is 0.125. The van der Waals surface area contributed by atoms with Gasteiger partial charge in [-0.25, -0.2) is 0 Å². The topological polar surface area (TPSA) is 43.1 Å². The summed E-state index contributed by atoms with van der Waals surface area (Å²) in [7, 11) is 0. The van der Waals surface area contributed by atoms with Gasteiger partial charge >= 0.3 is 6.18 Å². The van der Waals surface area contributed by atoms with E-state index in [2.05, 4.69) is 15.9 Å². The van der Waals surface area contributed by atoms with Crippen LogP contribution in [0.2, 0.25) is 0 Å². The van der Waals surface area contributed by atoms with Crippen LogP contribution in [0.15, 0.2) is 16.6 Å². The van der Waals surface area contributed by atoms with Crippen LogP contribution in [0, 0.1) is 0 Å². The zero-order valence-electron chi connectivity index (χ0n) is 6.73. The third-order valence-electron chi connectivity index (χ3n) is 1.66. The molecule has 0 radical (unpaired) electrons. The first-order valence-electron chi connectivity index (χ1n) is 3.48. The minimum Gasteiger partial charge on any atom is -0.398 e. The van der Waals surface area contributed by atoms with Gasteiger partial charge in [0.15, 0.2) is 6.29 Å².